The summed E-state index contributed by atoms with van der Waals surface area (Å²) >= 11 is 3.46. The molecule has 2 amide bonds. The molecule has 0 saturated heterocycles. The van der Waals surface area contributed by atoms with Gasteiger partial charge in [-0.15, -0.1) is 5.10 Å². The summed E-state index contributed by atoms with van der Waals surface area (Å²) in [4.78, 5) is 38.3. The maximum atomic E-state index is 15.7. The van der Waals surface area contributed by atoms with E-state index >= 15 is 4.39 Å². The Hall–Kier alpha value is -4.95. The molecule has 49 heavy (non-hydrogen) atoms. The molecule has 0 aliphatic heterocycles. The molecule has 10 nitrogen and oxygen atoms in total. The first-order valence-electron chi connectivity index (χ1n) is 15.4. The van der Waals surface area contributed by atoms with Crippen LogP contribution in [0.3, 0.4) is 0 Å². The van der Waals surface area contributed by atoms with E-state index in [0.717, 1.165) is 31.0 Å². The predicted octanol–water partition coefficient (Wildman–Crippen LogP) is 6.60. The van der Waals surface area contributed by atoms with Crippen LogP contribution in [0.4, 0.5) is 14.5 Å². The zero-order chi connectivity index (χ0) is 35.3. The summed E-state index contributed by atoms with van der Waals surface area (Å²) in [5.41, 5.74) is 0.352. The highest BCUT2D eigenvalue weighted by molar-refractivity contribution is 9.10. The highest BCUT2D eigenvalue weighted by Crippen LogP contribution is 2.29. The van der Waals surface area contributed by atoms with E-state index in [1.54, 1.807) is 24.3 Å². The molecule has 0 saturated carbocycles. The predicted molar refractivity (Wildman–Crippen MR) is 185 cm³/mol. The molecule has 5 aromatic rings. The van der Waals surface area contributed by atoms with Gasteiger partial charge in [0.15, 0.2) is 0 Å². The van der Waals surface area contributed by atoms with Crippen LogP contribution in [0.15, 0.2) is 99.1 Å². The van der Waals surface area contributed by atoms with Crippen molar-refractivity contribution in [3.8, 4) is 16.8 Å². The van der Waals surface area contributed by atoms with Gasteiger partial charge in [-0.2, -0.15) is 4.68 Å². The third-order valence-electron chi connectivity index (χ3n) is 7.69. The molecule has 0 radical (unpaired) electrons. The maximum Gasteiger partial charge on any atom is 0.351 e. The summed E-state index contributed by atoms with van der Waals surface area (Å²) in [6, 6.07) is 19.8. The van der Waals surface area contributed by atoms with Gasteiger partial charge in [-0.1, -0.05) is 62.7 Å². The molecule has 0 aliphatic rings. The van der Waals surface area contributed by atoms with Crippen molar-refractivity contribution in [2.24, 2.45) is 0 Å². The Kier molecular flexibility index (Phi) is 10.9. The number of carbonyl (C=O) groups excluding carboxylic acids is 2. The summed E-state index contributed by atoms with van der Waals surface area (Å²) in [7, 11) is -4.50. The molecule has 0 spiro atoms. The summed E-state index contributed by atoms with van der Waals surface area (Å²) < 4.78 is 61.3. The van der Waals surface area contributed by atoms with Gasteiger partial charge in [0.05, 0.1) is 22.7 Å². The third-order valence-corrected chi connectivity index (χ3v) is 9.75. The molecule has 0 bridgehead atoms. The fourth-order valence-corrected chi connectivity index (χ4v) is 6.77. The van der Waals surface area contributed by atoms with Crippen molar-refractivity contribution in [2.45, 2.75) is 51.0 Å². The van der Waals surface area contributed by atoms with E-state index in [9.17, 15) is 27.2 Å². The lowest BCUT2D eigenvalue weighted by Crippen LogP contribution is -2.31. The number of aryl methyl sites for hydroxylation is 1. The number of rotatable bonds is 12. The molecule has 0 aliphatic carbocycles. The van der Waals surface area contributed by atoms with Gasteiger partial charge in [-0.25, -0.2) is 26.7 Å². The molecule has 1 aromatic heterocycles. The minimum atomic E-state index is -4.50. The van der Waals surface area contributed by atoms with Crippen molar-refractivity contribution in [2.75, 3.05) is 5.32 Å². The van der Waals surface area contributed by atoms with Crippen LogP contribution in [0, 0.1) is 11.6 Å². The zero-order valence-electron chi connectivity index (χ0n) is 26.5. The number of hydrogen-bond acceptors (Lipinski definition) is 6. The molecule has 5 rings (SSSR count). The maximum absolute atomic E-state index is 15.7. The molecule has 14 heteroatoms. The van der Waals surface area contributed by atoms with E-state index in [2.05, 4.69) is 26.3 Å². The first-order chi connectivity index (χ1) is 23.4. The van der Waals surface area contributed by atoms with Gasteiger partial charge in [0.1, 0.15) is 17.5 Å². The van der Waals surface area contributed by atoms with Crippen LogP contribution in [-0.4, -0.2) is 34.6 Å². The van der Waals surface area contributed by atoms with Crippen LogP contribution < -0.4 is 15.7 Å². The van der Waals surface area contributed by atoms with Crippen LogP contribution in [-0.2, 0) is 27.8 Å². The van der Waals surface area contributed by atoms with Gasteiger partial charge < -0.3 is 5.32 Å². The number of anilines is 1. The van der Waals surface area contributed by atoms with Gasteiger partial charge in [0.2, 0.25) is 5.91 Å². The Morgan fingerprint density at radius 2 is 1.65 bits per heavy atom. The van der Waals surface area contributed by atoms with Crippen LogP contribution in [0.1, 0.15) is 54.9 Å². The first-order valence-corrected chi connectivity index (χ1v) is 17.7. The number of unbranched alkanes of at least 4 members (excludes halogenated alkanes) is 1. The summed E-state index contributed by atoms with van der Waals surface area (Å²) in [6.45, 7) is 3.63. The molecule has 0 atom stereocenters. The normalized spacial score (nSPS) is 11.4. The number of hydrogen-bond donors (Lipinski definition) is 2. The average Bonchev–Trinajstić information content (AvgIpc) is 3.39. The standard InChI is InChI=1S/C35H32BrF2N5O5S/c1-3-5-14-33(44)39-24-17-18-27(36)30(20-24)43-35(46)42(32(4-2)40-43)21-23-16-15-22(19-29(23)38)25-10-7-9-13-31(25)49(47,48)41-34(45)26-11-6-8-12-28(26)37/h6-13,15-20H,3-5,14,21H2,1-2H3,(H,39,44)(H,41,45). The second kappa shape index (κ2) is 15.1. The number of halogens is 3. The van der Waals surface area contributed by atoms with Gasteiger partial charge in [0.25, 0.3) is 15.9 Å². The highest BCUT2D eigenvalue weighted by Gasteiger charge is 2.25. The zero-order valence-corrected chi connectivity index (χ0v) is 28.9. The number of amides is 2. The lowest BCUT2D eigenvalue weighted by atomic mass is 10.0. The summed E-state index contributed by atoms with van der Waals surface area (Å²) in [5.74, 6) is -2.50. The van der Waals surface area contributed by atoms with E-state index in [0.29, 0.717) is 34.5 Å². The lowest BCUT2D eigenvalue weighted by molar-refractivity contribution is -0.116. The fraction of sp³-hybridized carbons (Fsp3) is 0.200. The quantitative estimate of drug-likeness (QED) is 0.148. The summed E-state index contributed by atoms with van der Waals surface area (Å²) in [6.07, 6.45) is 2.35. The largest absolute Gasteiger partial charge is 0.351 e. The van der Waals surface area contributed by atoms with Gasteiger partial charge in [-0.05, 0) is 70.4 Å². The minimum Gasteiger partial charge on any atom is -0.326 e. The van der Waals surface area contributed by atoms with Crippen molar-refractivity contribution in [3.63, 3.8) is 0 Å². The van der Waals surface area contributed by atoms with Gasteiger partial charge in [0, 0.05) is 34.1 Å². The Labute approximate surface area is 290 Å². The van der Waals surface area contributed by atoms with Crippen molar-refractivity contribution in [3.05, 3.63) is 128 Å². The average molecular weight is 753 g/mol. The van der Waals surface area contributed by atoms with E-state index in [4.69, 9.17) is 0 Å². The van der Waals surface area contributed by atoms with Crippen molar-refractivity contribution < 1.29 is 26.8 Å². The molecule has 2 N–H and O–H groups in total. The van der Waals surface area contributed by atoms with E-state index in [1.165, 1.54) is 51.7 Å². The number of benzene rings is 4. The number of sulfonamides is 1. The van der Waals surface area contributed by atoms with Gasteiger partial charge in [-0.3, -0.25) is 14.2 Å². The minimum absolute atomic E-state index is 0.104. The second-order valence-corrected chi connectivity index (χ2v) is 13.6. The lowest BCUT2D eigenvalue weighted by Gasteiger charge is -2.13. The Balaban J connectivity index is 1.43. The van der Waals surface area contributed by atoms with Crippen LogP contribution in [0.5, 0.6) is 0 Å². The number of nitrogens with one attached hydrogen (secondary N) is 2. The van der Waals surface area contributed by atoms with Crippen molar-refractivity contribution in [1.82, 2.24) is 19.1 Å². The van der Waals surface area contributed by atoms with E-state index in [-0.39, 0.29) is 34.0 Å². The monoisotopic (exact) mass is 751 g/mol. The molecule has 254 valence electrons. The molecule has 1 heterocycles. The molecular formula is C35H32BrF2N5O5S. The molecular weight excluding hydrogens is 720 g/mol. The van der Waals surface area contributed by atoms with Crippen molar-refractivity contribution in [1.29, 1.82) is 0 Å². The second-order valence-electron chi connectivity index (χ2n) is 11.1. The summed E-state index contributed by atoms with van der Waals surface area (Å²) in [5, 5.41) is 7.32. The molecule has 0 unspecified atom stereocenters. The first kappa shape index (κ1) is 35.4. The SMILES string of the molecule is CCCCC(=O)Nc1ccc(Br)c(-n2nc(CC)n(Cc3ccc(-c4ccccc4S(=O)(=O)NC(=O)c4ccccc4F)cc3F)c2=O)c1. The Bertz CT molecular complexity index is 2220. The number of nitrogens with zero attached hydrogens (tertiary/aromatic N) is 3. The van der Waals surface area contributed by atoms with E-state index < -0.39 is 38.8 Å². The number of aromatic nitrogens is 3. The highest BCUT2D eigenvalue weighted by atomic mass is 79.9. The van der Waals surface area contributed by atoms with Crippen LogP contribution in [0.2, 0.25) is 0 Å². The number of carbonyl (C=O) groups is 2. The van der Waals surface area contributed by atoms with Crippen LogP contribution in [0.25, 0.3) is 16.8 Å². The third kappa shape index (κ3) is 7.86. The van der Waals surface area contributed by atoms with Crippen LogP contribution >= 0.6 is 15.9 Å². The fourth-order valence-electron chi connectivity index (χ4n) is 5.16. The Morgan fingerprint density at radius 3 is 2.37 bits per heavy atom. The van der Waals surface area contributed by atoms with Gasteiger partial charge >= 0.3 is 5.69 Å². The molecule has 4 aromatic carbocycles. The van der Waals surface area contributed by atoms with E-state index in [1.807, 2.05) is 18.6 Å². The topological polar surface area (TPSA) is 132 Å². The molecule has 0 fully saturated rings. The Morgan fingerprint density at radius 1 is 0.918 bits per heavy atom. The smallest absolute Gasteiger partial charge is 0.326 e. The van der Waals surface area contributed by atoms with Crippen molar-refractivity contribution >= 4 is 43.5 Å².